The molecule has 0 aromatic carbocycles. The fourth-order valence-electron chi connectivity index (χ4n) is 2.98. The molecule has 2 aromatic rings. The van der Waals surface area contributed by atoms with Gasteiger partial charge in [0, 0.05) is 29.8 Å². The summed E-state index contributed by atoms with van der Waals surface area (Å²) in [6.07, 6.45) is 3.57. The van der Waals surface area contributed by atoms with Crippen LogP contribution in [0.5, 0.6) is 0 Å². The zero-order valence-electron chi connectivity index (χ0n) is 12.8. The van der Waals surface area contributed by atoms with Crippen LogP contribution >= 0.6 is 0 Å². The number of nitrogens with one attached hydrogen (secondary N) is 3. The lowest BCUT2D eigenvalue weighted by molar-refractivity contribution is -0.115. The third-order valence-corrected chi connectivity index (χ3v) is 4.16. The predicted molar refractivity (Wildman–Crippen MR) is 81.6 cm³/mol. The molecular weight excluding hydrogens is 282 g/mol. The quantitative estimate of drug-likeness (QED) is 0.782. The molecule has 0 spiro atoms. The van der Waals surface area contributed by atoms with Gasteiger partial charge >= 0.3 is 0 Å². The maximum Gasteiger partial charge on any atom is 0.233 e. The summed E-state index contributed by atoms with van der Waals surface area (Å²) in [5.41, 5.74) is 1.86. The molecule has 0 aliphatic heterocycles. The summed E-state index contributed by atoms with van der Waals surface area (Å²) < 4.78 is 5.04. The highest BCUT2D eigenvalue weighted by Gasteiger charge is 2.26. The van der Waals surface area contributed by atoms with E-state index < -0.39 is 0 Å². The first-order valence-corrected chi connectivity index (χ1v) is 7.58. The molecule has 1 amide bonds. The second kappa shape index (κ2) is 6.31. The summed E-state index contributed by atoms with van der Waals surface area (Å²) in [5, 5.41) is 17.1. The number of carbonyl (C=O) groups excluding carboxylic acids is 1. The summed E-state index contributed by atoms with van der Waals surface area (Å²) in [4.78, 5) is 12.0. The molecule has 1 aliphatic rings. The van der Waals surface area contributed by atoms with Crippen LogP contribution in [0.25, 0.3) is 0 Å². The van der Waals surface area contributed by atoms with E-state index in [9.17, 15) is 4.79 Å². The molecule has 0 bridgehead atoms. The van der Waals surface area contributed by atoms with Crippen LogP contribution in [-0.4, -0.2) is 34.4 Å². The topological polar surface area (TPSA) is 95.8 Å². The zero-order chi connectivity index (χ0) is 15.5. The van der Waals surface area contributed by atoms with Gasteiger partial charge in [0.05, 0.1) is 12.1 Å². The van der Waals surface area contributed by atoms with Gasteiger partial charge in [-0.2, -0.15) is 5.10 Å². The smallest absolute Gasteiger partial charge is 0.233 e. The fraction of sp³-hybridized carbons (Fsp3) is 0.533. The van der Waals surface area contributed by atoms with Gasteiger partial charge in [-0.15, -0.1) is 0 Å². The fourth-order valence-corrected chi connectivity index (χ4v) is 2.98. The molecule has 1 fully saturated rings. The molecule has 3 rings (SSSR count). The third-order valence-electron chi connectivity index (χ3n) is 4.16. The minimum atomic E-state index is -0.159. The van der Waals surface area contributed by atoms with E-state index in [0.717, 1.165) is 24.2 Å². The minimum absolute atomic E-state index is 0.159. The van der Waals surface area contributed by atoms with E-state index in [1.165, 1.54) is 6.42 Å². The van der Waals surface area contributed by atoms with Gasteiger partial charge < -0.3 is 15.2 Å². The zero-order valence-corrected chi connectivity index (χ0v) is 12.8. The van der Waals surface area contributed by atoms with Gasteiger partial charge in [-0.1, -0.05) is 5.16 Å². The monoisotopic (exact) mass is 303 g/mol. The SMILES string of the molecule is CNC1CCC(c2cc(NC(=O)Cc3cc(C)no3)n[nH]2)C1. The molecule has 22 heavy (non-hydrogen) atoms. The van der Waals surface area contributed by atoms with Crippen molar-refractivity contribution in [2.24, 2.45) is 0 Å². The standard InChI is InChI=1S/C15H21N5O2/c1-9-5-12(22-20-9)7-15(21)17-14-8-13(18-19-14)10-3-4-11(6-10)16-2/h5,8,10-11,16H,3-4,6-7H2,1-2H3,(H2,17,18,19,21). The third kappa shape index (κ3) is 3.36. The predicted octanol–water partition coefficient (Wildman–Crippen LogP) is 1.74. The minimum Gasteiger partial charge on any atom is -0.361 e. The number of nitrogens with zero attached hydrogens (tertiary/aromatic N) is 2. The molecule has 2 aromatic heterocycles. The number of H-pyrrole nitrogens is 1. The highest BCUT2D eigenvalue weighted by molar-refractivity contribution is 5.91. The Kier molecular flexibility index (Phi) is 4.24. The number of carbonyl (C=O) groups is 1. The first kappa shape index (κ1) is 14.8. The van der Waals surface area contributed by atoms with E-state index >= 15 is 0 Å². The van der Waals surface area contributed by atoms with Crippen molar-refractivity contribution in [3.8, 4) is 0 Å². The van der Waals surface area contributed by atoms with Crippen molar-refractivity contribution in [2.45, 2.75) is 44.6 Å². The molecular formula is C15H21N5O2. The van der Waals surface area contributed by atoms with E-state index in [0.29, 0.717) is 23.5 Å². The van der Waals surface area contributed by atoms with Crippen LogP contribution in [0.15, 0.2) is 16.7 Å². The van der Waals surface area contributed by atoms with E-state index in [1.54, 1.807) is 6.07 Å². The van der Waals surface area contributed by atoms with Crippen molar-refractivity contribution in [3.63, 3.8) is 0 Å². The molecule has 0 saturated heterocycles. The molecule has 2 heterocycles. The van der Waals surface area contributed by atoms with Crippen LogP contribution < -0.4 is 10.6 Å². The molecule has 7 nitrogen and oxygen atoms in total. The average molecular weight is 303 g/mol. The van der Waals surface area contributed by atoms with Gasteiger partial charge in [-0.25, -0.2) is 0 Å². The van der Waals surface area contributed by atoms with Gasteiger partial charge in [-0.3, -0.25) is 9.89 Å². The maximum atomic E-state index is 12.0. The lowest BCUT2D eigenvalue weighted by Crippen LogP contribution is -2.21. The van der Waals surface area contributed by atoms with Gasteiger partial charge in [0.2, 0.25) is 5.91 Å². The maximum absolute atomic E-state index is 12.0. The van der Waals surface area contributed by atoms with Crippen LogP contribution in [0, 0.1) is 6.92 Å². The van der Waals surface area contributed by atoms with Crippen molar-refractivity contribution in [1.29, 1.82) is 0 Å². The van der Waals surface area contributed by atoms with E-state index in [1.807, 2.05) is 20.0 Å². The number of amides is 1. The summed E-state index contributed by atoms with van der Waals surface area (Å²) in [6.45, 7) is 1.82. The Bertz CT molecular complexity index is 648. The number of hydrogen-bond acceptors (Lipinski definition) is 5. The second-order valence-electron chi connectivity index (χ2n) is 5.86. The average Bonchev–Trinajstić information content (AvgIpc) is 3.19. The van der Waals surface area contributed by atoms with Crippen LogP contribution in [0.4, 0.5) is 5.82 Å². The lowest BCUT2D eigenvalue weighted by Gasteiger charge is -2.08. The molecule has 3 N–H and O–H groups in total. The van der Waals surface area contributed by atoms with Crippen molar-refractivity contribution in [2.75, 3.05) is 12.4 Å². The van der Waals surface area contributed by atoms with Crippen LogP contribution in [0.3, 0.4) is 0 Å². The molecule has 2 atom stereocenters. The highest BCUT2D eigenvalue weighted by Crippen LogP contribution is 2.34. The Morgan fingerprint density at radius 3 is 3.00 bits per heavy atom. The Hall–Kier alpha value is -2.15. The summed E-state index contributed by atoms with van der Waals surface area (Å²) in [6, 6.07) is 4.25. The molecule has 118 valence electrons. The Morgan fingerprint density at radius 2 is 2.32 bits per heavy atom. The highest BCUT2D eigenvalue weighted by atomic mass is 16.5. The summed E-state index contributed by atoms with van der Waals surface area (Å²) in [7, 11) is 2.00. The van der Waals surface area contributed by atoms with Crippen molar-refractivity contribution >= 4 is 11.7 Å². The van der Waals surface area contributed by atoms with Crippen molar-refractivity contribution < 1.29 is 9.32 Å². The molecule has 1 saturated carbocycles. The first-order valence-electron chi connectivity index (χ1n) is 7.58. The van der Waals surface area contributed by atoms with E-state index in [-0.39, 0.29) is 12.3 Å². The molecule has 2 unspecified atom stereocenters. The second-order valence-corrected chi connectivity index (χ2v) is 5.86. The van der Waals surface area contributed by atoms with Gasteiger partial charge in [-0.05, 0) is 33.2 Å². The first-order chi connectivity index (χ1) is 10.6. The summed E-state index contributed by atoms with van der Waals surface area (Å²) in [5.74, 6) is 1.43. The van der Waals surface area contributed by atoms with E-state index in [2.05, 4.69) is 26.0 Å². The number of aryl methyl sites for hydroxylation is 1. The largest absolute Gasteiger partial charge is 0.361 e. The lowest BCUT2D eigenvalue weighted by atomic mass is 10.0. The van der Waals surface area contributed by atoms with Crippen LogP contribution in [0.2, 0.25) is 0 Å². The van der Waals surface area contributed by atoms with Gasteiger partial charge in [0.15, 0.2) is 5.82 Å². The van der Waals surface area contributed by atoms with Crippen molar-refractivity contribution in [1.82, 2.24) is 20.7 Å². The number of hydrogen-bond donors (Lipinski definition) is 3. The Morgan fingerprint density at radius 1 is 1.45 bits per heavy atom. The molecule has 0 radical (unpaired) electrons. The molecule has 7 heteroatoms. The number of aromatic nitrogens is 3. The van der Waals surface area contributed by atoms with E-state index in [4.69, 9.17) is 4.52 Å². The van der Waals surface area contributed by atoms with Crippen LogP contribution in [0.1, 0.15) is 42.3 Å². The number of rotatable bonds is 5. The number of aromatic amines is 1. The van der Waals surface area contributed by atoms with Gasteiger partial charge in [0.25, 0.3) is 0 Å². The normalized spacial score (nSPS) is 21.2. The summed E-state index contributed by atoms with van der Waals surface area (Å²) >= 11 is 0. The van der Waals surface area contributed by atoms with Crippen LogP contribution in [-0.2, 0) is 11.2 Å². The van der Waals surface area contributed by atoms with Crippen molar-refractivity contribution in [3.05, 3.63) is 29.3 Å². The Labute approximate surface area is 128 Å². The molecule has 1 aliphatic carbocycles. The number of anilines is 1. The Balaban J connectivity index is 1.56. The van der Waals surface area contributed by atoms with Gasteiger partial charge in [0.1, 0.15) is 5.76 Å².